The molecule has 60 heavy (non-hydrogen) atoms. The van der Waals surface area contributed by atoms with Crippen LogP contribution in [0.25, 0.3) is 0 Å². The van der Waals surface area contributed by atoms with Gasteiger partial charge in [0.1, 0.15) is 6.04 Å². The van der Waals surface area contributed by atoms with E-state index in [2.05, 4.69) is 10.6 Å². The lowest BCUT2D eigenvalue weighted by Gasteiger charge is -2.41. The summed E-state index contributed by atoms with van der Waals surface area (Å²) >= 11 is 0. The monoisotopic (exact) mass is 837 g/mol. The molecule has 1 aliphatic rings. The first-order valence-corrected chi connectivity index (χ1v) is 21.9. The lowest BCUT2D eigenvalue weighted by Crippen LogP contribution is -2.60. The SMILES string of the molecule is CC[C@H](C)[C@@H]([C@@H](CC(=O)N1CCC[C@H]1[C@H](OC)[C@@H](C)C(=O)N[C@H](C)[C@@H](O)c1ccccc1)OC)N(C)C(=O)[C@@H](NC(=O)[C@H](C(C)C)N(C)CCc1ccc(N)cc1)C(C)C. The maximum absolute atomic E-state index is 14.5. The van der Waals surface area contributed by atoms with E-state index in [1.54, 1.807) is 44.9 Å². The Kier molecular flexibility index (Phi) is 20.0. The first-order valence-electron chi connectivity index (χ1n) is 21.9. The summed E-state index contributed by atoms with van der Waals surface area (Å²) in [6.45, 7) is 16.7. The fourth-order valence-corrected chi connectivity index (χ4v) is 8.79. The van der Waals surface area contributed by atoms with Gasteiger partial charge < -0.3 is 40.7 Å². The van der Waals surface area contributed by atoms with Crippen molar-refractivity contribution in [2.75, 3.05) is 47.1 Å². The molecule has 13 nitrogen and oxygen atoms in total. The van der Waals surface area contributed by atoms with Crippen molar-refractivity contribution in [2.45, 2.75) is 136 Å². The van der Waals surface area contributed by atoms with Crippen molar-refractivity contribution in [1.29, 1.82) is 0 Å². The Bertz CT molecular complexity index is 1640. The lowest BCUT2D eigenvalue weighted by molar-refractivity contribution is -0.148. The minimum Gasteiger partial charge on any atom is -0.399 e. The molecule has 1 saturated heterocycles. The molecule has 0 saturated carbocycles. The number of ether oxygens (including phenoxy) is 2. The van der Waals surface area contributed by atoms with Crippen LogP contribution in [-0.4, -0.2) is 127 Å². The van der Waals surface area contributed by atoms with Crippen molar-refractivity contribution in [3.63, 3.8) is 0 Å². The Morgan fingerprint density at radius 1 is 0.883 bits per heavy atom. The standard InChI is InChI=1S/C47H76N6O7/c1-13-31(6)42(52(10)47(58)40(29(2)3)50-46(57)41(30(4)5)51(9)27-25-34-21-23-36(48)24-22-34)38(59-11)28-39(54)53-26-17-20-37(53)44(60-12)32(7)45(56)49-33(8)43(55)35-18-15-14-16-19-35/h14-16,18-19,21-24,29-33,37-38,40-44,55H,13,17,20,25-28,48H2,1-12H3,(H,49,56)(H,50,57)/t31-,32+,33+,37-,38+,40-,41-,42-,43+,44+/m0/s1. The van der Waals surface area contributed by atoms with E-state index in [9.17, 15) is 24.3 Å². The molecule has 0 unspecified atom stereocenters. The van der Waals surface area contributed by atoms with Gasteiger partial charge in [-0.3, -0.25) is 24.1 Å². The van der Waals surface area contributed by atoms with Gasteiger partial charge in [-0.05, 0) is 74.2 Å². The molecule has 1 aliphatic heterocycles. The molecule has 0 bridgehead atoms. The minimum absolute atomic E-state index is 0.0144. The molecule has 0 radical (unpaired) electrons. The summed E-state index contributed by atoms with van der Waals surface area (Å²) in [5.74, 6) is -1.74. The smallest absolute Gasteiger partial charge is 0.245 e. The van der Waals surface area contributed by atoms with Gasteiger partial charge >= 0.3 is 0 Å². The van der Waals surface area contributed by atoms with E-state index in [0.29, 0.717) is 30.8 Å². The summed E-state index contributed by atoms with van der Waals surface area (Å²) in [5, 5.41) is 17.0. The molecule has 0 spiro atoms. The van der Waals surface area contributed by atoms with Gasteiger partial charge in [0.2, 0.25) is 23.6 Å². The van der Waals surface area contributed by atoms with E-state index >= 15 is 0 Å². The molecule has 10 atom stereocenters. The van der Waals surface area contributed by atoms with Crippen LogP contribution in [0.15, 0.2) is 54.6 Å². The molecule has 2 aromatic carbocycles. The maximum atomic E-state index is 14.5. The molecular formula is C47H76N6O7. The molecule has 5 N–H and O–H groups in total. The molecule has 1 fully saturated rings. The summed E-state index contributed by atoms with van der Waals surface area (Å²) in [5.41, 5.74) is 8.41. The largest absolute Gasteiger partial charge is 0.399 e. The number of likely N-dealkylation sites (tertiary alicyclic amines) is 1. The van der Waals surface area contributed by atoms with Crippen molar-refractivity contribution in [1.82, 2.24) is 25.3 Å². The van der Waals surface area contributed by atoms with Crippen LogP contribution in [0.4, 0.5) is 5.69 Å². The lowest BCUT2D eigenvalue weighted by atomic mass is 9.89. The van der Waals surface area contributed by atoms with Crippen molar-refractivity contribution in [2.24, 2.45) is 23.7 Å². The van der Waals surface area contributed by atoms with Crippen LogP contribution in [0, 0.1) is 23.7 Å². The van der Waals surface area contributed by atoms with Gasteiger partial charge in [0.15, 0.2) is 0 Å². The Labute approximate surface area is 360 Å². The Hall–Kier alpha value is -4.04. The first-order chi connectivity index (χ1) is 28.4. The van der Waals surface area contributed by atoms with Crippen LogP contribution >= 0.6 is 0 Å². The van der Waals surface area contributed by atoms with Gasteiger partial charge in [-0.15, -0.1) is 0 Å². The van der Waals surface area contributed by atoms with Crippen molar-refractivity contribution in [3.8, 4) is 0 Å². The van der Waals surface area contributed by atoms with E-state index in [4.69, 9.17) is 15.2 Å². The molecule has 0 aromatic heterocycles. The minimum atomic E-state index is -0.885. The van der Waals surface area contributed by atoms with Crippen molar-refractivity contribution >= 4 is 29.3 Å². The first kappa shape index (κ1) is 50.3. The van der Waals surface area contributed by atoms with Gasteiger partial charge in [0, 0.05) is 40.0 Å². The number of aliphatic hydroxyl groups is 1. The number of nitrogens with zero attached hydrogens (tertiary/aromatic N) is 3. The number of rotatable bonds is 23. The average molecular weight is 837 g/mol. The highest BCUT2D eigenvalue weighted by atomic mass is 16.5. The number of benzene rings is 2. The molecular weight excluding hydrogens is 761 g/mol. The number of carbonyl (C=O) groups excluding carboxylic acids is 4. The zero-order valence-corrected chi connectivity index (χ0v) is 38.4. The fraction of sp³-hybridized carbons (Fsp3) is 0.660. The van der Waals surface area contributed by atoms with E-state index in [1.165, 1.54) is 0 Å². The molecule has 1 heterocycles. The molecule has 4 amide bonds. The summed E-state index contributed by atoms with van der Waals surface area (Å²) < 4.78 is 12.0. The highest BCUT2D eigenvalue weighted by molar-refractivity contribution is 5.90. The normalized spacial score (nSPS) is 18.9. The number of nitrogens with one attached hydrogen (secondary N) is 2. The Balaban J connectivity index is 1.75. The number of carbonyl (C=O) groups is 4. The molecule has 13 heteroatoms. The van der Waals surface area contributed by atoms with E-state index in [1.807, 2.05) is 108 Å². The number of hydrogen-bond acceptors (Lipinski definition) is 9. The number of hydrogen-bond donors (Lipinski definition) is 4. The van der Waals surface area contributed by atoms with Crippen LogP contribution < -0.4 is 16.4 Å². The molecule has 2 aromatic rings. The predicted molar refractivity (Wildman–Crippen MR) is 238 cm³/mol. The summed E-state index contributed by atoms with van der Waals surface area (Å²) in [7, 11) is 6.80. The quantitative estimate of drug-likeness (QED) is 0.112. The number of anilines is 1. The topological polar surface area (TPSA) is 167 Å². The third kappa shape index (κ3) is 13.2. The Morgan fingerprint density at radius 3 is 2.07 bits per heavy atom. The van der Waals surface area contributed by atoms with Gasteiger partial charge in [-0.2, -0.15) is 0 Å². The zero-order chi connectivity index (χ0) is 44.8. The third-order valence-corrected chi connectivity index (χ3v) is 12.6. The average Bonchev–Trinajstić information content (AvgIpc) is 3.71. The number of likely N-dealkylation sites (N-methyl/N-ethyl adjacent to an activating group) is 2. The van der Waals surface area contributed by atoms with Crippen molar-refractivity contribution in [3.05, 3.63) is 65.7 Å². The van der Waals surface area contributed by atoms with Gasteiger partial charge in [-0.1, -0.05) is 97.4 Å². The second kappa shape index (κ2) is 23.8. The molecule has 3 rings (SSSR count). The summed E-state index contributed by atoms with van der Waals surface area (Å²) in [4.78, 5) is 61.9. The predicted octanol–water partition coefficient (Wildman–Crippen LogP) is 5.07. The highest BCUT2D eigenvalue weighted by Crippen LogP contribution is 2.30. The van der Waals surface area contributed by atoms with E-state index in [-0.39, 0.29) is 53.8 Å². The van der Waals surface area contributed by atoms with Crippen LogP contribution in [0.5, 0.6) is 0 Å². The second-order valence-corrected chi connectivity index (χ2v) is 17.6. The van der Waals surface area contributed by atoms with Gasteiger partial charge in [-0.25, -0.2) is 0 Å². The zero-order valence-electron chi connectivity index (χ0n) is 38.4. The van der Waals surface area contributed by atoms with Crippen LogP contribution in [0.3, 0.4) is 0 Å². The van der Waals surface area contributed by atoms with Crippen molar-refractivity contribution < 1.29 is 33.8 Å². The van der Waals surface area contributed by atoms with Gasteiger partial charge in [0.25, 0.3) is 0 Å². The van der Waals surface area contributed by atoms with Gasteiger partial charge in [0.05, 0.1) is 54.8 Å². The second-order valence-electron chi connectivity index (χ2n) is 17.6. The number of nitrogen functional groups attached to an aromatic ring is 1. The number of amides is 4. The van der Waals surface area contributed by atoms with Crippen LogP contribution in [0.2, 0.25) is 0 Å². The number of nitrogens with two attached hydrogens (primary N) is 1. The van der Waals surface area contributed by atoms with Crippen LogP contribution in [-0.2, 0) is 35.1 Å². The number of aliphatic hydroxyl groups excluding tert-OH is 1. The summed E-state index contributed by atoms with van der Waals surface area (Å²) in [6, 6.07) is 14.3. The Morgan fingerprint density at radius 2 is 1.52 bits per heavy atom. The molecule has 336 valence electrons. The molecule has 0 aliphatic carbocycles. The van der Waals surface area contributed by atoms with E-state index in [0.717, 1.165) is 24.8 Å². The number of methoxy groups -OCH3 is 2. The maximum Gasteiger partial charge on any atom is 0.245 e. The van der Waals surface area contributed by atoms with E-state index < -0.39 is 48.4 Å². The highest BCUT2D eigenvalue weighted by Gasteiger charge is 2.43. The fourth-order valence-electron chi connectivity index (χ4n) is 8.79. The summed E-state index contributed by atoms with van der Waals surface area (Å²) in [6.07, 6.45) is 0.792. The third-order valence-electron chi connectivity index (χ3n) is 12.6. The van der Waals surface area contributed by atoms with Crippen LogP contribution in [0.1, 0.15) is 98.3 Å².